The van der Waals surface area contributed by atoms with Crippen LogP contribution < -0.4 is 0 Å². The van der Waals surface area contributed by atoms with E-state index in [2.05, 4.69) is 0 Å². The first-order chi connectivity index (χ1) is 9.70. The van der Waals surface area contributed by atoms with Gasteiger partial charge in [-0.25, -0.2) is 0 Å². The number of aromatic hydroxyl groups is 1. The number of aromatic nitrogens is 1. The third kappa shape index (κ3) is 2.06. The highest BCUT2D eigenvalue weighted by atomic mass is 16.3. The number of hydrogen-bond acceptors (Lipinski definition) is 2. The number of fused-ring (bicyclic) bond motifs is 1. The summed E-state index contributed by atoms with van der Waals surface area (Å²) in [7, 11) is 0. The molecule has 1 unspecified atom stereocenters. The molecule has 1 aromatic heterocycles. The molecule has 3 rings (SSSR count). The first kappa shape index (κ1) is 12.8. The molecule has 0 aliphatic carbocycles. The first-order valence-electron chi connectivity index (χ1n) is 6.66. The Kier molecular flexibility index (Phi) is 3.20. The normalized spacial score (nSPS) is 12.7. The molecule has 3 nitrogen and oxygen atoms in total. The van der Waals surface area contributed by atoms with E-state index in [-0.39, 0.29) is 18.5 Å². The lowest BCUT2D eigenvalue weighted by Crippen LogP contribution is -2.13. The van der Waals surface area contributed by atoms with Crippen molar-refractivity contribution in [3.05, 3.63) is 65.9 Å². The summed E-state index contributed by atoms with van der Waals surface area (Å²) >= 11 is 0. The van der Waals surface area contributed by atoms with Crippen LogP contribution in [0.4, 0.5) is 0 Å². The van der Waals surface area contributed by atoms with E-state index in [0.717, 1.165) is 21.9 Å². The van der Waals surface area contributed by atoms with Crippen molar-refractivity contribution >= 4 is 10.8 Å². The molecule has 1 heterocycles. The molecule has 0 saturated heterocycles. The molecule has 3 aromatic rings. The van der Waals surface area contributed by atoms with Gasteiger partial charge in [0.25, 0.3) is 0 Å². The average Bonchev–Trinajstić information content (AvgIpc) is 2.78. The van der Waals surface area contributed by atoms with Crippen LogP contribution in [-0.4, -0.2) is 21.4 Å². The van der Waals surface area contributed by atoms with Gasteiger partial charge in [-0.05, 0) is 24.6 Å². The summed E-state index contributed by atoms with van der Waals surface area (Å²) < 4.78 is 1.74. The van der Waals surface area contributed by atoms with Crippen molar-refractivity contribution in [1.29, 1.82) is 0 Å². The highest BCUT2D eigenvalue weighted by Gasteiger charge is 2.17. The molecule has 2 aromatic carbocycles. The Bertz CT molecular complexity index is 731. The number of hydrogen-bond donors (Lipinski definition) is 2. The highest BCUT2D eigenvalue weighted by Crippen LogP contribution is 2.32. The van der Waals surface area contributed by atoms with E-state index in [0.29, 0.717) is 0 Å². The third-order valence-electron chi connectivity index (χ3n) is 3.66. The quantitative estimate of drug-likeness (QED) is 0.765. The van der Waals surface area contributed by atoms with Crippen LogP contribution in [0.2, 0.25) is 0 Å². The number of aliphatic hydroxyl groups is 1. The largest absolute Gasteiger partial charge is 0.494 e. The van der Waals surface area contributed by atoms with E-state index in [4.69, 9.17) is 0 Å². The van der Waals surface area contributed by atoms with Crippen molar-refractivity contribution in [2.24, 2.45) is 0 Å². The van der Waals surface area contributed by atoms with Gasteiger partial charge in [-0.3, -0.25) is 0 Å². The Morgan fingerprint density at radius 2 is 1.85 bits per heavy atom. The van der Waals surface area contributed by atoms with E-state index in [1.54, 1.807) is 4.57 Å². The molecule has 2 N–H and O–H groups in total. The van der Waals surface area contributed by atoms with Crippen molar-refractivity contribution in [3.63, 3.8) is 0 Å². The minimum atomic E-state index is -0.274. The highest BCUT2D eigenvalue weighted by molar-refractivity contribution is 5.88. The van der Waals surface area contributed by atoms with E-state index < -0.39 is 0 Å². The molecule has 0 aliphatic rings. The standard InChI is InChI=1S/C17H17NO2/c1-12-7-8-15-14(9-12)10-18(17(15)20)16(11-19)13-5-3-2-4-6-13/h2-10,16,19-20H,11H2,1H3. The van der Waals surface area contributed by atoms with Crippen molar-refractivity contribution in [2.75, 3.05) is 6.61 Å². The van der Waals surface area contributed by atoms with Crippen molar-refractivity contribution in [1.82, 2.24) is 4.57 Å². The summed E-state index contributed by atoms with van der Waals surface area (Å²) in [6, 6.07) is 15.4. The van der Waals surface area contributed by atoms with Gasteiger partial charge in [0.2, 0.25) is 0 Å². The van der Waals surface area contributed by atoms with Gasteiger partial charge in [0, 0.05) is 17.0 Å². The smallest absolute Gasteiger partial charge is 0.199 e. The Labute approximate surface area is 117 Å². The topological polar surface area (TPSA) is 45.4 Å². The lowest BCUT2D eigenvalue weighted by molar-refractivity contribution is 0.240. The maximum absolute atomic E-state index is 10.4. The predicted octanol–water partition coefficient (Wildman–Crippen LogP) is 3.24. The Balaban J connectivity index is 2.15. The number of benzene rings is 2. The molecule has 0 bridgehead atoms. The van der Waals surface area contributed by atoms with Gasteiger partial charge in [0.05, 0.1) is 12.6 Å². The summed E-state index contributed by atoms with van der Waals surface area (Å²) in [5.41, 5.74) is 2.12. The summed E-state index contributed by atoms with van der Waals surface area (Å²) in [6.45, 7) is 1.96. The monoisotopic (exact) mass is 267 g/mol. The molecule has 20 heavy (non-hydrogen) atoms. The predicted molar refractivity (Wildman–Crippen MR) is 80.0 cm³/mol. The second-order valence-corrected chi connectivity index (χ2v) is 5.06. The van der Waals surface area contributed by atoms with Gasteiger partial charge < -0.3 is 14.8 Å². The van der Waals surface area contributed by atoms with Gasteiger partial charge >= 0.3 is 0 Å². The average molecular weight is 267 g/mol. The van der Waals surface area contributed by atoms with Crippen molar-refractivity contribution < 1.29 is 10.2 Å². The molecule has 3 heteroatoms. The van der Waals surface area contributed by atoms with Crippen LogP contribution in [0.15, 0.2) is 54.7 Å². The number of nitrogens with zero attached hydrogens (tertiary/aromatic N) is 1. The molecule has 0 radical (unpaired) electrons. The lowest BCUT2D eigenvalue weighted by Gasteiger charge is -2.17. The van der Waals surface area contributed by atoms with Crippen LogP contribution >= 0.6 is 0 Å². The van der Waals surface area contributed by atoms with Crippen LogP contribution in [0.5, 0.6) is 5.88 Å². The number of aliphatic hydroxyl groups excluding tert-OH is 1. The molecular weight excluding hydrogens is 250 g/mol. The molecule has 0 amide bonds. The Morgan fingerprint density at radius 3 is 2.55 bits per heavy atom. The minimum Gasteiger partial charge on any atom is -0.494 e. The second kappa shape index (κ2) is 5.02. The van der Waals surface area contributed by atoms with E-state index in [9.17, 15) is 10.2 Å². The summed E-state index contributed by atoms with van der Waals surface area (Å²) in [5, 5.41) is 21.9. The van der Waals surface area contributed by atoms with E-state index in [1.807, 2.05) is 61.7 Å². The first-order valence-corrected chi connectivity index (χ1v) is 6.66. The molecule has 0 saturated carbocycles. The molecule has 0 spiro atoms. The molecule has 0 fully saturated rings. The molecule has 1 atom stereocenters. The van der Waals surface area contributed by atoms with Crippen LogP contribution in [0.3, 0.4) is 0 Å². The number of rotatable bonds is 3. The van der Waals surface area contributed by atoms with Gasteiger partial charge in [0.15, 0.2) is 5.88 Å². The lowest BCUT2D eigenvalue weighted by atomic mass is 10.1. The molecular formula is C17H17NO2. The maximum Gasteiger partial charge on any atom is 0.199 e. The van der Waals surface area contributed by atoms with Gasteiger partial charge in [-0.1, -0.05) is 42.0 Å². The molecule has 102 valence electrons. The third-order valence-corrected chi connectivity index (χ3v) is 3.66. The number of aryl methyl sites for hydroxylation is 1. The SMILES string of the molecule is Cc1ccc2c(O)n(C(CO)c3ccccc3)cc2c1. The zero-order valence-electron chi connectivity index (χ0n) is 11.3. The Hall–Kier alpha value is -2.26. The molecule has 0 aliphatic heterocycles. The fraction of sp³-hybridized carbons (Fsp3) is 0.176. The fourth-order valence-corrected chi connectivity index (χ4v) is 2.61. The summed E-state index contributed by atoms with van der Waals surface area (Å²) in [5.74, 6) is 0.197. The van der Waals surface area contributed by atoms with E-state index in [1.165, 1.54) is 0 Å². The van der Waals surface area contributed by atoms with Crippen molar-refractivity contribution in [2.45, 2.75) is 13.0 Å². The van der Waals surface area contributed by atoms with Gasteiger partial charge in [-0.15, -0.1) is 0 Å². The van der Waals surface area contributed by atoms with Gasteiger partial charge in [-0.2, -0.15) is 0 Å². The zero-order valence-corrected chi connectivity index (χ0v) is 11.3. The van der Waals surface area contributed by atoms with Crippen LogP contribution in [0.1, 0.15) is 17.2 Å². The zero-order chi connectivity index (χ0) is 14.1. The van der Waals surface area contributed by atoms with Crippen molar-refractivity contribution in [3.8, 4) is 5.88 Å². The maximum atomic E-state index is 10.4. The second-order valence-electron chi connectivity index (χ2n) is 5.06. The Morgan fingerprint density at radius 1 is 1.10 bits per heavy atom. The van der Waals surface area contributed by atoms with Crippen LogP contribution in [-0.2, 0) is 0 Å². The fourth-order valence-electron chi connectivity index (χ4n) is 2.61. The van der Waals surface area contributed by atoms with Crippen LogP contribution in [0, 0.1) is 6.92 Å². The van der Waals surface area contributed by atoms with Crippen LogP contribution in [0.25, 0.3) is 10.8 Å². The summed E-state index contributed by atoms with van der Waals surface area (Å²) in [6.07, 6.45) is 1.89. The minimum absolute atomic E-state index is 0.0580. The van der Waals surface area contributed by atoms with E-state index >= 15 is 0 Å². The van der Waals surface area contributed by atoms with Gasteiger partial charge in [0.1, 0.15) is 0 Å². The summed E-state index contributed by atoms with van der Waals surface area (Å²) in [4.78, 5) is 0.